The monoisotopic (exact) mass is 515 g/mol. The fourth-order valence-corrected chi connectivity index (χ4v) is 4.26. The van der Waals surface area contributed by atoms with Crippen molar-refractivity contribution in [2.45, 2.75) is 12.7 Å². The predicted molar refractivity (Wildman–Crippen MR) is 153 cm³/mol. The molecule has 2 aromatic heterocycles. The number of anilines is 5. The van der Waals surface area contributed by atoms with Crippen LogP contribution in [0.4, 0.5) is 33.5 Å². The van der Waals surface area contributed by atoms with Gasteiger partial charge in [-0.05, 0) is 72.8 Å². The molecular formula is C28H30FN7S. The number of hydrogen-bond donors (Lipinski definition) is 2. The van der Waals surface area contributed by atoms with E-state index >= 15 is 0 Å². The largest absolute Gasteiger partial charge is 0.369 e. The van der Waals surface area contributed by atoms with E-state index in [4.69, 9.17) is 5.73 Å². The molecule has 0 fully saturated rings. The molecule has 0 bridgehead atoms. The number of imidazole rings is 1. The SMILES string of the molecule is CSCc1ccc(Nc2nccc(N(C)c3ccc4c(c3)nc(N)n4C)n2)cc1.Cc1cccc(F)c1. The third-order valence-electron chi connectivity index (χ3n) is 5.77. The van der Waals surface area contributed by atoms with Crippen LogP contribution in [0, 0.1) is 12.7 Å². The third-order valence-corrected chi connectivity index (χ3v) is 6.39. The van der Waals surface area contributed by atoms with E-state index in [1.54, 1.807) is 24.0 Å². The normalized spacial score (nSPS) is 10.6. The van der Waals surface area contributed by atoms with Crippen LogP contribution in [0.5, 0.6) is 0 Å². The summed E-state index contributed by atoms with van der Waals surface area (Å²) in [7, 11) is 3.88. The number of thioether (sulfide) groups is 1. The van der Waals surface area contributed by atoms with Crippen LogP contribution < -0.4 is 16.0 Å². The molecule has 0 aliphatic rings. The van der Waals surface area contributed by atoms with Crippen LogP contribution >= 0.6 is 11.8 Å². The quantitative estimate of drug-likeness (QED) is 0.269. The second-order valence-electron chi connectivity index (χ2n) is 8.55. The van der Waals surface area contributed by atoms with Gasteiger partial charge in [-0.3, -0.25) is 0 Å². The van der Waals surface area contributed by atoms with Crippen LogP contribution in [0.15, 0.2) is 79.0 Å². The topological polar surface area (TPSA) is 84.9 Å². The molecule has 37 heavy (non-hydrogen) atoms. The van der Waals surface area contributed by atoms with Crippen molar-refractivity contribution in [3.05, 3.63) is 95.9 Å². The van der Waals surface area contributed by atoms with Crippen molar-refractivity contribution in [1.82, 2.24) is 19.5 Å². The minimum absolute atomic E-state index is 0.162. The van der Waals surface area contributed by atoms with Crippen LogP contribution in [-0.4, -0.2) is 32.8 Å². The molecule has 0 saturated heterocycles. The molecule has 0 aliphatic heterocycles. The van der Waals surface area contributed by atoms with Gasteiger partial charge in [0.05, 0.1) is 11.0 Å². The van der Waals surface area contributed by atoms with Gasteiger partial charge in [-0.25, -0.2) is 14.4 Å². The Morgan fingerprint density at radius 2 is 1.81 bits per heavy atom. The van der Waals surface area contributed by atoms with Gasteiger partial charge >= 0.3 is 0 Å². The Morgan fingerprint density at radius 1 is 1.03 bits per heavy atom. The van der Waals surface area contributed by atoms with Crippen LogP contribution in [-0.2, 0) is 12.8 Å². The molecule has 3 aromatic carbocycles. The first-order valence-corrected chi connectivity index (χ1v) is 13.1. The Labute approximate surface area is 220 Å². The maximum absolute atomic E-state index is 12.2. The standard InChI is InChI=1S/C21H23N7S.C7H7F/c1-27(16-8-9-18-17(12-16)25-20(22)28(18)2)19-10-11-23-21(26-19)24-15-6-4-14(5-7-15)13-29-3;1-6-3-2-4-7(8)5-6/h4-12H,13H2,1-3H3,(H2,22,25)(H,23,24,26);2-5H,1H3. The number of fused-ring (bicyclic) bond motifs is 1. The van der Waals surface area contributed by atoms with E-state index in [-0.39, 0.29) is 5.82 Å². The number of nitrogen functional groups attached to an aromatic ring is 1. The summed E-state index contributed by atoms with van der Waals surface area (Å²) in [6.07, 6.45) is 3.85. The molecule has 0 saturated carbocycles. The lowest BCUT2D eigenvalue weighted by Crippen LogP contribution is -2.12. The van der Waals surface area contributed by atoms with E-state index in [0.717, 1.165) is 39.5 Å². The summed E-state index contributed by atoms with van der Waals surface area (Å²) in [5.41, 5.74) is 12.0. The number of aryl methyl sites for hydroxylation is 2. The lowest BCUT2D eigenvalue weighted by molar-refractivity contribution is 0.626. The lowest BCUT2D eigenvalue weighted by Gasteiger charge is -2.19. The molecule has 5 aromatic rings. The third kappa shape index (κ3) is 6.56. The number of aromatic nitrogens is 4. The van der Waals surface area contributed by atoms with Crippen molar-refractivity contribution >= 4 is 51.9 Å². The average Bonchev–Trinajstić information content (AvgIpc) is 3.18. The zero-order valence-electron chi connectivity index (χ0n) is 21.3. The van der Waals surface area contributed by atoms with Gasteiger partial charge in [0.1, 0.15) is 11.6 Å². The van der Waals surface area contributed by atoms with Gasteiger partial charge in [0, 0.05) is 37.4 Å². The van der Waals surface area contributed by atoms with E-state index in [2.05, 4.69) is 38.7 Å². The summed E-state index contributed by atoms with van der Waals surface area (Å²) >= 11 is 1.81. The van der Waals surface area contributed by atoms with Crippen LogP contribution in [0.25, 0.3) is 11.0 Å². The van der Waals surface area contributed by atoms with Gasteiger partial charge in [-0.15, -0.1) is 0 Å². The van der Waals surface area contributed by atoms with Crippen LogP contribution in [0.3, 0.4) is 0 Å². The van der Waals surface area contributed by atoms with Crippen molar-refractivity contribution in [3.63, 3.8) is 0 Å². The van der Waals surface area contributed by atoms with Crippen LogP contribution in [0.1, 0.15) is 11.1 Å². The van der Waals surface area contributed by atoms with Crippen molar-refractivity contribution in [3.8, 4) is 0 Å². The second kappa shape index (κ2) is 11.7. The highest BCUT2D eigenvalue weighted by atomic mass is 32.2. The molecule has 0 amide bonds. The highest BCUT2D eigenvalue weighted by molar-refractivity contribution is 7.97. The molecule has 9 heteroatoms. The Bertz CT molecular complexity index is 1470. The van der Waals surface area contributed by atoms with E-state index in [1.165, 1.54) is 17.7 Å². The Hall–Kier alpha value is -4.11. The fraction of sp³-hybridized carbons (Fsp3) is 0.179. The Balaban J connectivity index is 0.000000342. The average molecular weight is 516 g/mol. The summed E-state index contributed by atoms with van der Waals surface area (Å²) in [6.45, 7) is 1.86. The van der Waals surface area contributed by atoms with E-state index < -0.39 is 0 Å². The highest BCUT2D eigenvalue weighted by Gasteiger charge is 2.11. The number of benzene rings is 3. The molecule has 5 rings (SSSR count). The van der Waals surface area contributed by atoms with Crippen LogP contribution in [0.2, 0.25) is 0 Å². The molecule has 0 aliphatic carbocycles. The van der Waals surface area contributed by atoms with Gasteiger partial charge in [0.15, 0.2) is 0 Å². The highest BCUT2D eigenvalue weighted by Crippen LogP contribution is 2.27. The maximum Gasteiger partial charge on any atom is 0.229 e. The number of halogens is 1. The Morgan fingerprint density at radius 3 is 2.49 bits per heavy atom. The lowest BCUT2D eigenvalue weighted by atomic mass is 10.2. The fourth-order valence-electron chi connectivity index (χ4n) is 3.73. The number of hydrogen-bond acceptors (Lipinski definition) is 7. The van der Waals surface area contributed by atoms with E-state index in [9.17, 15) is 4.39 Å². The van der Waals surface area contributed by atoms with Gasteiger partial charge in [0.25, 0.3) is 0 Å². The molecule has 0 spiro atoms. The smallest absolute Gasteiger partial charge is 0.229 e. The summed E-state index contributed by atoms with van der Waals surface area (Å²) in [5, 5.41) is 3.27. The Kier molecular flexibility index (Phi) is 8.25. The maximum atomic E-state index is 12.2. The summed E-state index contributed by atoms with van der Waals surface area (Å²) in [4.78, 5) is 15.4. The zero-order chi connectivity index (χ0) is 26.4. The second-order valence-corrected chi connectivity index (χ2v) is 9.42. The van der Waals surface area contributed by atoms with Gasteiger partial charge < -0.3 is 20.5 Å². The van der Waals surface area contributed by atoms with E-state index in [1.807, 2.05) is 73.0 Å². The van der Waals surface area contributed by atoms with Crippen molar-refractivity contribution < 1.29 is 4.39 Å². The number of nitrogens with one attached hydrogen (secondary N) is 1. The summed E-state index contributed by atoms with van der Waals surface area (Å²) in [6, 6.07) is 22.8. The van der Waals surface area contributed by atoms with Crippen molar-refractivity contribution in [1.29, 1.82) is 0 Å². The molecule has 3 N–H and O–H groups in total. The number of nitrogens with two attached hydrogens (primary N) is 1. The molecule has 7 nitrogen and oxygen atoms in total. The first-order chi connectivity index (χ1) is 17.8. The molecule has 0 atom stereocenters. The molecule has 0 radical (unpaired) electrons. The number of rotatable bonds is 6. The minimum Gasteiger partial charge on any atom is -0.369 e. The van der Waals surface area contributed by atoms with Gasteiger partial charge in [0.2, 0.25) is 11.9 Å². The van der Waals surface area contributed by atoms with Gasteiger partial charge in [-0.1, -0.05) is 24.3 Å². The predicted octanol–water partition coefficient (Wildman–Crippen LogP) is 6.45. The summed E-state index contributed by atoms with van der Waals surface area (Å²) < 4.78 is 14.0. The van der Waals surface area contributed by atoms with Crippen molar-refractivity contribution in [2.24, 2.45) is 7.05 Å². The molecular weight excluding hydrogens is 485 g/mol. The first kappa shape index (κ1) is 26.0. The minimum atomic E-state index is -0.162. The first-order valence-electron chi connectivity index (χ1n) is 11.7. The summed E-state index contributed by atoms with van der Waals surface area (Å²) in [5.74, 6) is 2.67. The number of nitrogens with zero attached hydrogens (tertiary/aromatic N) is 5. The van der Waals surface area contributed by atoms with Gasteiger partial charge in [-0.2, -0.15) is 16.7 Å². The molecule has 190 valence electrons. The molecule has 0 unspecified atom stereocenters. The van der Waals surface area contributed by atoms with Crippen molar-refractivity contribution in [2.75, 3.05) is 29.3 Å². The molecule has 2 heterocycles. The van der Waals surface area contributed by atoms with E-state index in [0.29, 0.717) is 11.9 Å². The zero-order valence-corrected chi connectivity index (χ0v) is 22.1.